The second-order valence-electron chi connectivity index (χ2n) is 4.09. The lowest BCUT2D eigenvalue weighted by atomic mass is 10.3. The van der Waals surface area contributed by atoms with Gasteiger partial charge in [0.25, 0.3) is 5.56 Å². The monoisotopic (exact) mass is 216 g/mol. The number of pyridine rings is 1. The van der Waals surface area contributed by atoms with Crippen molar-refractivity contribution in [2.45, 2.75) is 18.8 Å². The van der Waals surface area contributed by atoms with E-state index in [4.69, 9.17) is 4.74 Å². The average molecular weight is 216 g/mol. The third kappa shape index (κ3) is 1.46. The summed E-state index contributed by atoms with van der Waals surface area (Å²) in [5.74, 6) is 1.21. The van der Waals surface area contributed by atoms with Crippen LogP contribution in [0.25, 0.3) is 5.65 Å². The Balaban J connectivity index is 2.25. The highest BCUT2D eigenvalue weighted by Gasteiger charge is 2.25. The Bertz CT molecular complexity index is 599. The molecule has 0 spiro atoms. The van der Waals surface area contributed by atoms with E-state index in [9.17, 15) is 4.79 Å². The van der Waals surface area contributed by atoms with E-state index in [0.29, 0.717) is 11.6 Å². The van der Waals surface area contributed by atoms with Gasteiger partial charge >= 0.3 is 0 Å². The summed E-state index contributed by atoms with van der Waals surface area (Å²) in [4.78, 5) is 16.3. The normalized spacial score (nSPS) is 15.3. The van der Waals surface area contributed by atoms with Crippen molar-refractivity contribution in [1.82, 2.24) is 9.38 Å². The van der Waals surface area contributed by atoms with Gasteiger partial charge in [0, 0.05) is 24.2 Å². The minimum Gasteiger partial charge on any atom is -0.497 e. The van der Waals surface area contributed by atoms with Gasteiger partial charge in [-0.15, -0.1) is 0 Å². The lowest BCUT2D eigenvalue weighted by Gasteiger charge is -2.04. The fraction of sp³-hybridized carbons (Fsp3) is 0.333. The molecule has 2 aromatic heterocycles. The fourth-order valence-electron chi connectivity index (χ4n) is 1.82. The highest BCUT2D eigenvalue weighted by atomic mass is 16.5. The first-order chi connectivity index (χ1) is 7.78. The Kier molecular flexibility index (Phi) is 1.96. The van der Waals surface area contributed by atoms with Crippen molar-refractivity contribution < 1.29 is 4.74 Å². The van der Waals surface area contributed by atoms with E-state index in [1.165, 1.54) is 4.40 Å². The SMILES string of the molecule is COc1ccn2c(=O)cc(C3CC3)nc2c1. The van der Waals surface area contributed by atoms with Gasteiger partial charge in [0.1, 0.15) is 11.4 Å². The molecule has 3 rings (SSSR count). The molecule has 0 bridgehead atoms. The molecule has 0 N–H and O–H groups in total. The molecule has 1 saturated carbocycles. The molecule has 0 atom stereocenters. The maximum atomic E-state index is 11.8. The van der Waals surface area contributed by atoms with Crippen LogP contribution in [0.5, 0.6) is 5.75 Å². The molecule has 0 saturated heterocycles. The topological polar surface area (TPSA) is 43.6 Å². The molecule has 0 radical (unpaired) electrons. The van der Waals surface area contributed by atoms with E-state index in [0.717, 1.165) is 24.3 Å². The standard InChI is InChI=1S/C12H12N2O2/c1-16-9-4-5-14-11(6-9)13-10(7-12(14)15)8-2-3-8/h4-8H,2-3H2,1H3. The molecule has 2 aromatic rings. The number of hydrogen-bond acceptors (Lipinski definition) is 3. The Morgan fingerprint density at radius 3 is 2.94 bits per heavy atom. The quantitative estimate of drug-likeness (QED) is 0.765. The second kappa shape index (κ2) is 3.33. The molecule has 16 heavy (non-hydrogen) atoms. The van der Waals surface area contributed by atoms with E-state index < -0.39 is 0 Å². The summed E-state index contributed by atoms with van der Waals surface area (Å²) in [6.45, 7) is 0. The summed E-state index contributed by atoms with van der Waals surface area (Å²) >= 11 is 0. The van der Waals surface area contributed by atoms with Crippen molar-refractivity contribution in [3.63, 3.8) is 0 Å². The number of fused-ring (bicyclic) bond motifs is 1. The minimum absolute atomic E-state index is 0.0189. The zero-order chi connectivity index (χ0) is 11.1. The summed E-state index contributed by atoms with van der Waals surface area (Å²) in [6, 6.07) is 5.18. The van der Waals surface area contributed by atoms with Gasteiger partial charge in [-0.1, -0.05) is 0 Å². The first-order valence-corrected chi connectivity index (χ1v) is 5.35. The van der Waals surface area contributed by atoms with Crippen molar-refractivity contribution in [3.8, 4) is 5.75 Å². The number of methoxy groups -OCH3 is 1. The Morgan fingerprint density at radius 2 is 2.25 bits per heavy atom. The minimum atomic E-state index is -0.0189. The average Bonchev–Trinajstić information content (AvgIpc) is 3.12. The van der Waals surface area contributed by atoms with Crippen molar-refractivity contribution in [2.24, 2.45) is 0 Å². The van der Waals surface area contributed by atoms with Crippen LogP contribution in [0.1, 0.15) is 24.5 Å². The van der Waals surface area contributed by atoms with Crippen LogP contribution in [0.3, 0.4) is 0 Å². The van der Waals surface area contributed by atoms with Crippen LogP contribution in [0.15, 0.2) is 29.2 Å². The predicted molar refractivity (Wildman–Crippen MR) is 60.0 cm³/mol. The smallest absolute Gasteiger partial charge is 0.258 e. The van der Waals surface area contributed by atoms with Gasteiger partial charge in [0.15, 0.2) is 0 Å². The first kappa shape index (κ1) is 9.39. The largest absolute Gasteiger partial charge is 0.497 e. The number of nitrogens with zero attached hydrogens (tertiary/aromatic N) is 2. The molecule has 1 aliphatic carbocycles. The summed E-state index contributed by atoms with van der Waals surface area (Å²) in [7, 11) is 1.61. The molecule has 4 heteroatoms. The molecule has 1 aliphatic rings. The summed E-state index contributed by atoms with van der Waals surface area (Å²) in [5, 5.41) is 0. The van der Waals surface area contributed by atoms with Crippen LogP contribution < -0.4 is 10.3 Å². The maximum Gasteiger partial charge on any atom is 0.258 e. The molecule has 82 valence electrons. The van der Waals surface area contributed by atoms with Crippen molar-refractivity contribution in [2.75, 3.05) is 7.11 Å². The van der Waals surface area contributed by atoms with Crippen LogP contribution in [-0.2, 0) is 0 Å². The van der Waals surface area contributed by atoms with E-state index in [2.05, 4.69) is 4.98 Å². The van der Waals surface area contributed by atoms with E-state index >= 15 is 0 Å². The Morgan fingerprint density at radius 1 is 1.44 bits per heavy atom. The molecule has 0 amide bonds. The van der Waals surface area contributed by atoms with E-state index in [1.54, 1.807) is 31.5 Å². The van der Waals surface area contributed by atoms with Gasteiger partial charge in [-0.05, 0) is 18.9 Å². The number of aromatic nitrogens is 2. The van der Waals surface area contributed by atoms with Gasteiger partial charge in [-0.25, -0.2) is 4.98 Å². The lowest BCUT2D eigenvalue weighted by Crippen LogP contribution is -2.15. The number of ether oxygens (including phenoxy) is 1. The zero-order valence-electron chi connectivity index (χ0n) is 9.01. The van der Waals surface area contributed by atoms with Crippen LogP contribution in [0.2, 0.25) is 0 Å². The Hall–Kier alpha value is -1.84. The molecular formula is C12H12N2O2. The third-order valence-corrected chi connectivity index (χ3v) is 2.89. The maximum absolute atomic E-state index is 11.8. The molecule has 0 aliphatic heterocycles. The van der Waals surface area contributed by atoms with Crippen molar-refractivity contribution in [1.29, 1.82) is 0 Å². The molecule has 1 fully saturated rings. The van der Waals surface area contributed by atoms with Crippen molar-refractivity contribution >= 4 is 5.65 Å². The molecule has 2 heterocycles. The van der Waals surface area contributed by atoms with E-state index in [-0.39, 0.29) is 5.56 Å². The highest BCUT2D eigenvalue weighted by Crippen LogP contribution is 2.38. The van der Waals surface area contributed by atoms with Crippen LogP contribution in [0.4, 0.5) is 0 Å². The molecule has 0 aromatic carbocycles. The Labute approximate surface area is 92.5 Å². The molecule has 4 nitrogen and oxygen atoms in total. The van der Waals surface area contributed by atoms with Gasteiger partial charge in [0.05, 0.1) is 12.8 Å². The third-order valence-electron chi connectivity index (χ3n) is 2.89. The van der Waals surface area contributed by atoms with Gasteiger partial charge in [-0.2, -0.15) is 0 Å². The van der Waals surface area contributed by atoms with Gasteiger partial charge in [0.2, 0.25) is 0 Å². The van der Waals surface area contributed by atoms with Gasteiger partial charge in [-0.3, -0.25) is 9.20 Å². The number of hydrogen-bond donors (Lipinski definition) is 0. The first-order valence-electron chi connectivity index (χ1n) is 5.35. The molecule has 0 unspecified atom stereocenters. The zero-order valence-corrected chi connectivity index (χ0v) is 9.01. The van der Waals surface area contributed by atoms with Crippen LogP contribution in [-0.4, -0.2) is 16.5 Å². The summed E-state index contributed by atoms with van der Waals surface area (Å²) in [5.41, 5.74) is 1.56. The van der Waals surface area contributed by atoms with Gasteiger partial charge < -0.3 is 4.74 Å². The van der Waals surface area contributed by atoms with Crippen LogP contribution >= 0.6 is 0 Å². The lowest BCUT2D eigenvalue weighted by molar-refractivity contribution is 0.414. The summed E-state index contributed by atoms with van der Waals surface area (Å²) in [6.07, 6.45) is 3.99. The predicted octanol–water partition coefficient (Wildman–Crippen LogP) is 1.58. The van der Waals surface area contributed by atoms with Crippen LogP contribution in [0, 0.1) is 0 Å². The number of rotatable bonds is 2. The fourth-order valence-corrected chi connectivity index (χ4v) is 1.82. The molecular weight excluding hydrogens is 204 g/mol. The summed E-state index contributed by atoms with van der Waals surface area (Å²) < 4.78 is 6.66. The second-order valence-corrected chi connectivity index (χ2v) is 4.09. The van der Waals surface area contributed by atoms with E-state index in [1.807, 2.05) is 0 Å². The van der Waals surface area contributed by atoms with Crippen molar-refractivity contribution in [3.05, 3.63) is 40.4 Å². The highest BCUT2D eigenvalue weighted by molar-refractivity contribution is 5.45.